The molecule has 120 valence electrons. The van der Waals surface area contributed by atoms with Gasteiger partial charge in [0.2, 0.25) is 0 Å². The van der Waals surface area contributed by atoms with Crippen LogP contribution in [0.2, 0.25) is 0 Å². The van der Waals surface area contributed by atoms with Crippen molar-refractivity contribution in [3.8, 4) is 0 Å². The number of carbonyl (C=O) groups is 1. The zero-order valence-corrected chi connectivity index (χ0v) is 13.5. The molecule has 1 atom stereocenters. The minimum absolute atomic E-state index is 0.318. The molecular formula is C17H34O3. The van der Waals surface area contributed by atoms with Crippen molar-refractivity contribution in [3.63, 3.8) is 0 Å². The molecule has 3 heteroatoms. The van der Waals surface area contributed by atoms with E-state index in [1.54, 1.807) is 0 Å². The van der Waals surface area contributed by atoms with Crippen molar-refractivity contribution in [1.29, 1.82) is 0 Å². The first-order valence-electron chi connectivity index (χ1n) is 8.54. The minimum Gasteiger partial charge on any atom is -0.481 e. The molecular weight excluding hydrogens is 252 g/mol. The summed E-state index contributed by atoms with van der Waals surface area (Å²) in [5.41, 5.74) is 0. The zero-order valence-electron chi connectivity index (χ0n) is 13.5. The number of unbranched alkanes of at least 4 members (excludes halogenated alkanes) is 6. The number of rotatable bonds is 15. The van der Waals surface area contributed by atoms with Gasteiger partial charge in [0.15, 0.2) is 0 Å². The third-order valence-electron chi connectivity index (χ3n) is 3.63. The van der Waals surface area contributed by atoms with Crippen molar-refractivity contribution in [3.05, 3.63) is 0 Å². The lowest BCUT2D eigenvalue weighted by Gasteiger charge is -2.17. The van der Waals surface area contributed by atoms with Gasteiger partial charge in [-0.15, -0.1) is 0 Å². The van der Waals surface area contributed by atoms with Gasteiger partial charge >= 0.3 is 5.97 Å². The van der Waals surface area contributed by atoms with Crippen LogP contribution in [-0.2, 0) is 9.53 Å². The Bertz CT molecular complexity index is 216. The lowest BCUT2D eigenvalue weighted by molar-refractivity contribution is -0.137. The Balaban J connectivity index is 3.47. The van der Waals surface area contributed by atoms with E-state index in [9.17, 15) is 4.79 Å². The van der Waals surface area contributed by atoms with Crippen LogP contribution in [0.1, 0.15) is 90.9 Å². The molecule has 0 aromatic heterocycles. The molecule has 0 aliphatic rings. The summed E-state index contributed by atoms with van der Waals surface area (Å²) in [6, 6.07) is 0. The third kappa shape index (κ3) is 13.9. The Kier molecular flexibility index (Phi) is 14.4. The molecule has 0 saturated heterocycles. The maximum absolute atomic E-state index is 10.4. The first-order valence-corrected chi connectivity index (χ1v) is 8.54. The summed E-state index contributed by atoms with van der Waals surface area (Å²) in [7, 11) is 0. The normalized spacial score (nSPS) is 12.5. The van der Waals surface area contributed by atoms with E-state index in [1.165, 1.54) is 51.4 Å². The van der Waals surface area contributed by atoms with Crippen molar-refractivity contribution in [2.45, 2.75) is 97.0 Å². The van der Waals surface area contributed by atoms with E-state index >= 15 is 0 Å². The fourth-order valence-electron chi connectivity index (χ4n) is 2.41. The van der Waals surface area contributed by atoms with Crippen LogP contribution < -0.4 is 0 Å². The van der Waals surface area contributed by atoms with Crippen LogP contribution in [0.3, 0.4) is 0 Å². The molecule has 3 nitrogen and oxygen atoms in total. The summed E-state index contributed by atoms with van der Waals surface area (Å²) < 4.78 is 5.97. The van der Waals surface area contributed by atoms with Crippen LogP contribution in [0.4, 0.5) is 0 Å². The Labute approximate surface area is 125 Å². The number of carboxylic acid groups (broad SMARTS) is 1. The Morgan fingerprint density at radius 3 is 2.25 bits per heavy atom. The van der Waals surface area contributed by atoms with Gasteiger partial charge in [0.05, 0.1) is 6.10 Å². The molecule has 20 heavy (non-hydrogen) atoms. The number of aliphatic carboxylic acids is 1. The van der Waals surface area contributed by atoms with Crippen LogP contribution in [0, 0.1) is 0 Å². The Hall–Kier alpha value is -0.570. The van der Waals surface area contributed by atoms with Crippen molar-refractivity contribution in [2.24, 2.45) is 0 Å². The molecule has 0 saturated carbocycles. The topological polar surface area (TPSA) is 46.5 Å². The summed E-state index contributed by atoms with van der Waals surface area (Å²) in [6.07, 6.45) is 13.4. The maximum atomic E-state index is 10.4. The van der Waals surface area contributed by atoms with Gasteiger partial charge in [0, 0.05) is 13.0 Å². The maximum Gasteiger partial charge on any atom is 0.303 e. The molecule has 0 amide bonds. The molecule has 0 radical (unpaired) electrons. The molecule has 1 unspecified atom stereocenters. The molecule has 0 heterocycles. The highest BCUT2D eigenvalue weighted by Crippen LogP contribution is 2.14. The summed E-state index contributed by atoms with van der Waals surface area (Å²) in [6.45, 7) is 5.35. The molecule has 0 aliphatic carbocycles. The van der Waals surface area contributed by atoms with Gasteiger partial charge in [0.1, 0.15) is 0 Å². The SMILES string of the molecule is CCCCCOC(CCC)CCCCCCCC(=O)O. The monoisotopic (exact) mass is 286 g/mol. The number of ether oxygens (including phenoxy) is 1. The molecule has 0 spiro atoms. The summed E-state index contributed by atoms with van der Waals surface area (Å²) >= 11 is 0. The smallest absolute Gasteiger partial charge is 0.303 e. The van der Waals surface area contributed by atoms with Gasteiger partial charge in [-0.3, -0.25) is 4.79 Å². The number of carboxylic acids is 1. The van der Waals surface area contributed by atoms with Crippen molar-refractivity contribution in [2.75, 3.05) is 6.61 Å². The number of hydrogen-bond acceptors (Lipinski definition) is 2. The van der Waals surface area contributed by atoms with Crippen LogP contribution in [0.15, 0.2) is 0 Å². The van der Waals surface area contributed by atoms with Gasteiger partial charge in [0.25, 0.3) is 0 Å². The van der Waals surface area contributed by atoms with Crippen molar-refractivity contribution in [1.82, 2.24) is 0 Å². The lowest BCUT2D eigenvalue weighted by Crippen LogP contribution is -2.13. The lowest BCUT2D eigenvalue weighted by atomic mass is 10.0. The molecule has 0 rings (SSSR count). The highest BCUT2D eigenvalue weighted by atomic mass is 16.5. The summed E-state index contributed by atoms with van der Waals surface area (Å²) in [5.74, 6) is -0.673. The largest absolute Gasteiger partial charge is 0.481 e. The van der Waals surface area contributed by atoms with Crippen molar-refractivity contribution < 1.29 is 14.6 Å². The molecule has 0 bridgehead atoms. The highest BCUT2D eigenvalue weighted by Gasteiger charge is 2.07. The van der Waals surface area contributed by atoms with E-state index in [-0.39, 0.29) is 0 Å². The zero-order chi connectivity index (χ0) is 15.1. The predicted molar refractivity (Wildman–Crippen MR) is 84.1 cm³/mol. The van der Waals surface area contributed by atoms with E-state index < -0.39 is 5.97 Å². The van der Waals surface area contributed by atoms with E-state index in [0.717, 1.165) is 25.9 Å². The Morgan fingerprint density at radius 1 is 0.900 bits per heavy atom. The average molecular weight is 286 g/mol. The quantitative estimate of drug-likeness (QED) is 0.422. The first-order chi connectivity index (χ1) is 9.70. The van der Waals surface area contributed by atoms with E-state index in [1.807, 2.05) is 0 Å². The van der Waals surface area contributed by atoms with E-state index in [0.29, 0.717) is 12.5 Å². The molecule has 0 aliphatic heterocycles. The third-order valence-corrected chi connectivity index (χ3v) is 3.63. The number of hydrogen-bond donors (Lipinski definition) is 1. The fourth-order valence-corrected chi connectivity index (χ4v) is 2.41. The van der Waals surface area contributed by atoms with Gasteiger partial charge in [-0.2, -0.15) is 0 Å². The molecule has 0 aromatic carbocycles. The molecule has 1 N–H and O–H groups in total. The van der Waals surface area contributed by atoms with Crippen LogP contribution in [0.25, 0.3) is 0 Å². The predicted octanol–water partition coefficient (Wildman–Crippen LogP) is 5.18. The van der Waals surface area contributed by atoms with Crippen LogP contribution in [-0.4, -0.2) is 23.8 Å². The average Bonchev–Trinajstić information content (AvgIpc) is 2.42. The second-order valence-electron chi connectivity index (χ2n) is 5.69. The van der Waals surface area contributed by atoms with Gasteiger partial charge in [-0.1, -0.05) is 58.8 Å². The van der Waals surface area contributed by atoms with Gasteiger partial charge in [-0.25, -0.2) is 0 Å². The second kappa shape index (κ2) is 14.8. The van der Waals surface area contributed by atoms with Gasteiger partial charge < -0.3 is 9.84 Å². The molecule has 0 aromatic rings. The molecule has 0 fully saturated rings. The standard InChI is InChI=1S/C17H34O3/c1-3-5-11-15-20-16(12-4-2)13-9-7-6-8-10-14-17(18)19/h16H,3-15H2,1-2H3,(H,18,19). The Morgan fingerprint density at radius 2 is 1.60 bits per heavy atom. The van der Waals surface area contributed by atoms with E-state index in [2.05, 4.69) is 13.8 Å². The van der Waals surface area contributed by atoms with Crippen LogP contribution in [0.5, 0.6) is 0 Å². The van der Waals surface area contributed by atoms with Gasteiger partial charge in [-0.05, 0) is 25.7 Å². The minimum atomic E-state index is -0.673. The van der Waals surface area contributed by atoms with Crippen molar-refractivity contribution >= 4 is 5.97 Å². The summed E-state index contributed by atoms with van der Waals surface area (Å²) in [5, 5.41) is 8.55. The van der Waals surface area contributed by atoms with E-state index in [4.69, 9.17) is 9.84 Å². The van der Waals surface area contributed by atoms with Crippen LogP contribution >= 0.6 is 0 Å². The highest BCUT2D eigenvalue weighted by molar-refractivity contribution is 5.66. The first kappa shape index (κ1) is 19.4. The summed E-state index contributed by atoms with van der Waals surface area (Å²) in [4.78, 5) is 10.4. The second-order valence-corrected chi connectivity index (χ2v) is 5.69. The fraction of sp³-hybridized carbons (Fsp3) is 0.941.